The summed E-state index contributed by atoms with van der Waals surface area (Å²) in [4.78, 5) is 14.7. The number of hydrogen-bond donors (Lipinski definition) is 1. The van der Waals surface area contributed by atoms with Crippen LogP contribution in [0.15, 0.2) is 53.5 Å². The van der Waals surface area contributed by atoms with Crippen LogP contribution in [-0.2, 0) is 4.79 Å². The first-order valence-corrected chi connectivity index (χ1v) is 10.7. The number of hydrogen-bond acceptors (Lipinski definition) is 3. The Labute approximate surface area is 180 Å². The number of benzene rings is 2. The fourth-order valence-corrected chi connectivity index (χ4v) is 2.78. The van der Waals surface area contributed by atoms with Crippen LogP contribution in [0.4, 0.5) is 10.1 Å². The summed E-state index contributed by atoms with van der Waals surface area (Å²) in [6.07, 6.45) is 10.7. The summed E-state index contributed by atoms with van der Waals surface area (Å²) >= 11 is 0. The van der Waals surface area contributed by atoms with E-state index in [1.54, 1.807) is 25.4 Å². The molecule has 164 valence electrons. The molecular formula is C25H35FN2O2. The average Bonchev–Trinajstić information content (AvgIpc) is 2.73. The van der Waals surface area contributed by atoms with E-state index in [1.165, 1.54) is 57.6 Å². The van der Waals surface area contributed by atoms with Crippen molar-refractivity contribution < 1.29 is 13.9 Å². The molecule has 0 unspecified atom stereocenters. The van der Waals surface area contributed by atoms with Crippen molar-refractivity contribution in [3.63, 3.8) is 0 Å². The fraction of sp³-hybridized carbons (Fsp3) is 0.440. The smallest absolute Gasteiger partial charge is 0.221 e. The van der Waals surface area contributed by atoms with Gasteiger partial charge in [-0.3, -0.25) is 9.79 Å². The number of amides is 1. The van der Waals surface area contributed by atoms with Crippen LogP contribution in [-0.4, -0.2) is 25.8 Å². The second-order valence-corrected chi connectivity index (χ2v) is 7.11. The highest BCUT2D eigenvalue weighted by Gasteiger charge is 1.97. The van der Waals surface area contributed by atoms with Crippen molar-refractivity contribution in [2.75, 3.05) is 19.0 Å². The summed E-state index contributed by atoms with van der Waals surface area (Å²) in [5, 5.41) is 2.74. The lowest BCUT2D eigenvalue weighted by Crippen LogP contribution is -2.05. The number of ether oxygens (including phenoxy) is 1. The van der Waals surface area contributed by atoms with Crippen molar-refractivity contribution in [3.05, 3.63) is 59.9 Å². The number of nitrogens with zero attached hydrogens (tertiary/aromatic N) is 1. The van der Waals surface area contributed by atoms with E-state index in [0.717, 1.165) is 30.0 Å². The molecule has 0 aliphatic rings. The molecule has 0 bridgehead atoms. The number of carbonyl (C=O) groups excluding carboxylic acids is 1. The van der Waals surface area contributed by atoms with E-state index in [9.17, 15) is 9.18 Å². The van der Waals surface area contributed by atoms with Gasteiger partial charge in [0, 0.05) is 25.9 Å². The van der Waals surface area contributed by atoms with Crippen molar-refractivity contribution in [2.24, 2.45) is 4.99 Å². The molecule has 30 heavy (non-hydrogen) atoms. The van der Waals surface area contributed by atoms with Gasteiger partial charge in [-0.15, -0.1) is 0 Å². The molecule has 0 fully saturated rings. The predicted octanol–water partition coefficient (Wildman–Crippen LogP) is 6.65. The molecule has 0 saturated heterocycles. The predicted molar refractivity (Wildman–Crippen MR) is 124 cm³/mol. The molecule has 0 aliphatic heterocycles. The van der Waals surface area contributed by atoms with Crippen LogP contribution in [0.3, 0.4) is 0 Å². The van der Waals surface area contributed by atoms with Gasteiger partial charge in [0.25, 0.3) is 0 Å². The van der Waals surface area contributed by atoms with E-state index in [4.69, 9.17) is 4.74 Å². The van der Waals surface area contributed by atoms with Gasteiger partial charge in [-0.1, -0.05) is 57.6 Å². The molecule has 1 amide bonds. The molecule has 0 heterocycles. The van der Waals surface area contributed by atoms with Crippen molar-refractivity contribution in [1.82, 2.24) is 0 Å². The summed E-state index contributed by atoms with van der Waals surface area (Å²) in [5.74, 6) is 0.597. The summed E-state index contributed by atoms with van der Waals surface area (Å²) in [5.41, 5.74) is 1.73. The molecule has 2 rings (SSSR count). The third-order valence-corrected chi connectivity index (χ3v) is 4.34. The van der Waals surface area contributed by atoms with Gasteiger partial charge >= 0.3 is 0 Å². The summed E-state index contributed by atoms with van der Waals surface area (Å²) in [6.45, 7) is 4.52. The van der Waals surface area contributed by atoms with E-state index >= 15 is 0 Å². The van der Waals surface area contributed by atoms with E-state index in [0.29, 0.717) is 0 Å². The van der Waals surface area contributed by atoms with Crippen molar-refractivity contribution in [1.29, 1.82) is 0 Å². The highest BCUT2D eigenvalue weighted by Crippen LogP contribution is 2.16. The van der Waals surface area contributed by atoms with E-state index in [1.807, 2.05) is 24.3 Å². The first-order valence-electron chi connectivity index (χ1n) is 10.7. The molecule has 0 spiro atoms. The van der Waals surface area contributed by atoms with Gasteiger partial charge in [0.15, 0.2) is 0 Å². The number of anilines is 1. The highest BCUT2D eigenvalue weighted by molar-refractivity contribution is 5.88. The third kappa shape index (κ3) is 12.7. The maximum atomic E-state index is 12.3. The van der Waals surface area contributed by atoms with Crippen LogP contribution in [0, 0.1) is 5.82 Å². The molecule has 0 aromatic heterocycles. The van der Waals surface area contributed by atoms with Gasteiger partial charge in [0.1, 0.15) is 11.6 Å². The van der Waals surface area contributed by atoms with Crippen LogP contribution in [0.2, 0.25) is 0 Å². The van der Waals surface area contributed by atoms with Crippen LogP contribution >= 0.6 is 0 Å². The Morgan fingerprint density at radius 3 is 2.13 bits per heavy atom. The Morgan fingerprint density at radius 1 is 0.967 bits per heavy atom. The Kier molecular flexibility index (Phi) is 13.6. The average molecular weight is 415 g/mol. The van der Waals surface area contributed by atoms with Crippen LogP contribution in [0.5, 0.6) is 5.75 Å². The SMILES string of the molecule is CCCCCCCCCOc1ccc(NC(C)=O)cc1.CN=Cc1ccc(F)cc1. The summed E-state index contributed by atoms with van der Waals surface area (Å²) in [6, 6.07) is 13.7. The van der Waals surface area contributed by atoms with Gasteiger partial charge < -0.3 is 10.1 Å². The standard InChI is InChI=1S/C17H27NO2.C8H8FN/c1-3-4-5-6-7-8-9-14-20-17-12-10-16(11-13-17)18-15(2)19;1-10-6-7-2-4-8(9)5-3-7/h10-13H,3-9,14H2,1-2H3,(H,18,19);2-6H,1H3. The number of halogens is 1. The maximum Gasteiger partial charge on any atom is 0.221 e. The molecule has 0 radical (unpaired) electrons. The Morgan fingerprint density at radius 2 is 1.57 bits per heavy atom. The fourth-order valence-electron chi connectivity index (χ4n) is 2.78. The molecule has 2 aromatic carbocycles. The van der Waals surface area contributed by atoms with Crippen LogP contribution in [0.1, 0.15) is 64.4 Å². The van der Waals surface area contributed by atoms with Gasteiger partial charge in [0.05, 0.1) is 6.61 Å². The van der Waals surface area contributed by atoms with E-state index in [-0.39, 0.29) is 11.7 Å². The lowest BCUT2D eigenvalue weighted by atomic mass is 10.1. The molecule has 0 saturated carbocycles. The molecular weight excluding hydrogens is 379 g/mol. The van der Waals surface area contributed by atoms with Crippen LogP contribution in [0.25, 0.3) is 0 Å². The Bertz CT molecular complexity index is 728. The zero-order valence-electron chi connectivity index (χ0n) is 18.5. The molecule has 0 aliphatic carbocycles. The number of carbonyl (C=O) groups is 1. The van der Waals surface area contributed by atoms with Gasteiger partial charge in [-0.05, 0) is 48.4 Å². The second-order valence-electron chi connectivity index (χ2n) is 7.11. The van der Waals surface area contributed by atoms with E-state index < -0.39 is 0 Å². The Hall–Kier alpha value is -2.69. The van der Waals surface area contributed by atoms with Crippen LogP contribution < -0.4 is 10.1 Å². The normalized spacial score (nSPS) is 10.4. The van der Waals surface area contributed by atoms with Gasteiger partial charge in [-0.2, -0.15) is 0 Å². The largest absolute Gasteiger partial charge is 0.494 e. The van der Waals surface area contributed by atoms with Gasteiger partial charge in [0.2, 0.25) is 5.91 Å². The quantitative estimate of drug-likeness (QED) is 0.331. The number of nitrogens with one attached hydrogen (secondary N) is 1. The van der Waals surface area contributed by atoms with Crippen molar-refractivity contribution in [3.8, 4) is 5.75 Å². The second kappa shape index (κ2) is 16.1. The first-order chi connectivity index (χ1) is 14.5. The summed E-state index contributed by atoms with van der Waals surface area (Å²) in [7, 11) is 1.68. The number of aliphatic imine (C=N–C) groups is 1. The van der Waals surface area contributed by atoms with Crippen molar-refractivity contribution in [2.45, 2.75) is 58.8 Å². The third-order valence-electron chi connectivity index (χ3n) is 4.34. The lowest BCUT2D eigenvalue weighted by molar-refractivity contribution is -0.114. The monoisotopic (exact) mass is 414 g/mol. The highest BCUT2D eigenvalue weighted by atomic mass is 19.1. The topological polar surface area (TPSA) is 50.7 Å². The Balaban J connectivity index is 0.000000375. The zero-order chi connectivity index (χ0) is 22.0. The summed E-state index contributed by atoms with van der Waals surface area (Å²) < 4.78 is 18.0. The maximum absolute atomic E-state index is 12.3. The molecule has 1 N–H and O–H groups in total. The number of rotatable bonds is 11. The van der Waals surface area contributed by atoms with Crippen molar-refractivity contribution >= 4 is 17.8 Å². The minimum absolute atomic E-state index is 0.0539. The zero-order valence-corrected chi connectivity index (χ0v) is 18.5. The molecule has 0 atom stereocenters. The molecule has 2 aromatic rings. The van der Waals surface area contributed by atoms with E-state index in [2.05, 4.69) is 17.2 Å². The molecule has 5 heteroatoms. The minimum atomic E-state index is -0.215. The minimum Gasteiger partial charge on any atom is -0.494 e. The molecule has 4 nitrogen and oxygen atoms in total. The number of unbranched alkanes of at least 4 members (excludes halogenated alkanes) is 6. The first kappa shape index (κ1) is 25.3. The van der Waals surface area contributed by atoms with Gasteiger partial charge in [-0.25, -0.2) is 4.39 Å². The lowest BCUT2D eigenvalue weighted by Gasteiger charge is -2.07.